The highest BCUT2D eigenvalue weighted by Gasteiger charge is 2.26. The number of ether oxygens (including phenoxy) is 1. The van der Waals surface area contributed by atoms with Gasteiger partial charge < -0.3 is 14.5 Å². The Bertz CT molecular complexity index is 1220. The molecule has 9 heteroatoms. The normalized spacial score (nSPS) is 13.6. The number of carbonyl (C=O) groups is 1. The largest absolute Gasteiger partial charge is 0.497 e. The van der Waals surface area contributed by atoms with Gasteiger partial charge in [-0.2, -0.15) is 0 Å². The molecule has 1 aliphatic rings. The molecular formula is C25H27N5O4. The summed E-state index contributed by atoms with van der Waals surface area (Å²) >= 11 is 0. The van der Waals surface area contributed by atoms with E-state index >= 15 is 0 Å². The third-order valence-corrected chi connectivity index (χ3v) is 5.99. The Morgan fingerprint density at radius 1 is 1.06 bits per heavy atom. The number of nitro benzene ring substituents is 1. The highest BCUT2D eigenvalue weighted by molar-refractivity contribution is 5.95. The zero-order chi connectivity index (χ0) is 24.2. The van der Waals surface area contributed by atoms with Crippen molar-refractivity contribution < 1.29 is 14.5 Å². The molecule has 4 rings (SSSR count). The van der Waals surface area contributed by atoms with Crippen molar-refractivity contribution in [2.45, 2.75) is 20.3 Å². The molecule has 1 amide bonds. The number of rotatable bonds is 6. The smallest absolute Gasteiger partial charge is 0.270 e. The van der Waals surface area contributed by atoms with Gasteiger partial charge in [-0.15, -0.1) is 0 Å². The van der Waals surface area contributed by atoms with Gasteiger partial charge in [-0.25, -0.2) is 9.97 Å². The topological polar surface area (TPSA) is 102 Å². The molecule has 176 valence electrons. The molecule has 2 aromatic carbocycles. The van der Waals surface area contributed by atoms with E-state index in [0.717, 1.165) is 28.4 Å². The first-order valence-electron chi connectivity index (χ1n) is 11.1. The highest BCUT2D eigenvalue weighted by Crippen LogP contribution is 2.27. The number of carbonyl (C=O) groups excluding carboxylic acids is 1. The van der Waals surface area contributed by atoms with Gasteiger partial charge in [0, 0.05) is 61.6 Å². The summed E-state index contributed by atoms with van der Waals surface area (Å²) in [4.78, 5) is 36.8. The number of hydrogen-bond acceptors (Lipinski definition) is 7. The summed E-state index contributed by atoms with van der Waals surface area (Å²) in [7, 11) is 1.65. The molecule has 1 aliphatic heterocycles. The third-order valence-electron chi connectivity index (χ3n) is 5.99. The predicted octanol–water partition coefficient (Wildman–Crippen LogP) is 3.56. The minimum atomic E-state index is -0.488. The Balaban J connectivity index is 1.52. The Morgan fingerprint density at radius 2 is 1.79 bits per heavy atom. The quantitative estimate of drug-likeness (QED) is 0.408. The van der Waals surface area contributed by atoms with Crippen LogP contribution in [-0.2, 0) is 6.42 Å². The van der Waals surface area contributed by atoms with Crippen LogP contribution in [0.25, 0.3) is 0 Å². The lowest BCUT2D eigenvalue weighted by molar-refractivity contribution is -0.384. The highest BCUT2D eigenvalue weighted by atomic mass is 16.6. The van der Waals surface area contributed by atoms with Gasteiger partial charge in [-0.3, -0.25) is 14.9 Å². The molecule has 1 saturated heterocycles. The maximum absolute atomic E-state index is 12.9. The number of aromatic nitrogens is 2. The molecule has 0 bridgehead atoms. The van der Waals surface area contributed by atoms with Crippen LogP contribution < -0.4 is 9.64 Å². The van der Waals surface area contributed by atoms with Crippen molar-refractivity contribution >= 4 is 17.4 Å². The maximum Gasteiger partial charge on any atom is 0.270 e. The minimum Gasteiger partial charge on any atom is -0.497 e. The fourth-order valence-corrected chi connectivity index (χ4v) is 4.23. The van der Waals surface area contributed by atoms with Crippen LogP contribution in [-0.4, -0.2) is 59.0 Å². The zero-order valence-corrected chi connectivity index (χ0v) is 19.5. The van der Waals surface area contributed by atoms with E-state index < -0.39 is 4.92 Å². The number of hydrogen-bond donors (Lipinski definition) is 0. The lowest BCUT2D eigenvalue weighted by atomic mass is 10.0. The van der Waals surface area contributed by atoms with Gasteiger partial charge in [0.25, 0.3) is 11.6 Å². The summed E-state index contributed by atoms with van der Waals surface area (Å²) in [6.07, 6.45) is 0.672. The van der Waals surface area contributed by atoms with Crippen LogP contribution in [0.4, 0.5) is 11.5 Å². The Morgan fingerprint density at radius 3 is 2.50 bits per heavy atom. The number of methoxy groups -OCH3 is 1. The van der Waals surface area contributed by atoms with E-state index in [0.29, 0.717) is 44.0 Å². The molecule has 0 aliphatic carbocycles. The Kier molecular flexibility index (Phi) is 6.72. The molecule has 0 atom stereocenters. The van der Waals surface area contributed by atoms with Crippen LogP contribution in [0.5, 0.6) is 5.75 Å². The molecule has 34 heavy (non-hydrogen) atoms. The van der Waals surface area contributed by atoms with Gasteiger partial charge >= 0.3 is 0 Å². The van der Waals surface area contributed by atoms with Crippen LogP contribution in [0.15, 0.2) is 48.5 Å². The summed E-state index contributed by atoms with van der Waals surface area (Å²) in [5.41, 5.74) is 3.34. The Labute approximate surface area is 198 Å². The summed E-state index contributed by atoms with van der Waals surface area (Å²) in [5.74, 6) is 2.19. The van der Waals surface area contributed by atoms with E-state index in [4.69, 9.17) is 9.72 Å². The first kappa shape index (κ1) is 23.2. The molecule has 0 spiro atoms. The average Bonchev–Trinajstić information content (AvgIpc) is 2.85. The number of non-ortho nitro benzene ring substituents is 1. The molecule has 2 heterocycles. The molecule has 9 nitrogen and oxygen atoms in total. The summed E-state index contributed by atoms with van der Waals surface area (Å²) in [5, 5.41) is 11.1. The first-order chi connectivity index (χ1) is 16.4. The van der Waals surface area contributed by atoms with Gasteiger partial charge in [-0.1, -0.05) is 18.2 Å². The summed E-state index contributed by atoms with van der Waals surface area (Å²) in [6.45, 7) is 6.11. The molecule has 0 radical (unpaired) electrons. The second-order valence-corrected chi connectivity index (χ2v) is 8.27. The number of amides is 1. The van der Waals surface area contributed by atoms with Crippen molar-refractivity contribution in [2.24, 2.45) is 0 Å². The molecule has 0 unspecified atom stereocenters. The molecule has 0 N–H and O–H groups in total. The second-order valence-electron chi connectivity index (χ2n) is 8.27. The first-order valence-corrected chi connectivity index (χ1v) is 11.1. The monoisotopic (exact) mass is 461 g/mol. The molecule has 1 fully saturated rings. The van der Waals surface area contributed by atoms with E-state index in [1.165, 1.54) is 12.1 Å². The van der Waals surface area contributed by atoms with Gasteiger partial charge in [0.05, 0.1) is 12.0 Å². The fraction of sp³-hybridized carbons (Fsp3) is 0.320. The van der Waals surface area contributed by atoms with Crippen molar-refractivity contribution in [3.05, 3.63) is 86.9 Å². The van der Waals surface area contributed by atoms with Crippen LogP contribution in [0.2, 0.25) is 0 Å². The van der Waals surface area contributed by atoms with Crippen molar-refractivity contribution in [1.82, 2.24) is 14.9 Å². The number of aryl methyl sites for hydroxylation is 2. The number of nitro groups is 1. The van der Waals surface area contributed by atoms with Crippen LogP contribution in [0.3, 0.4) is 0 Å². The van der Waals surface area contributed by atoms with E-state index in [1.54, 1.807) is 24.1 Å². The standard InChI is InChI=1S/C25H27N5O4/c1-17-23(15-19-6-4-9-22(14-19)34-3)24(27-18(2)26-17)28-10-12-29(13-11-28)25(31)20-7-5-8-21(16-20)30(32)33/h4-9,14,16H,10-13,15H2,1-3H3. The molecular weight excluding hydrogens is 434 g/mol. The van der Waals surface area contributed by atoms with Crippen LogP contribution in [0, 0.1) is 24.0 Å². The van der Waals surface area contributed by atoms with E-state index in [-0.39, 0.29) is 11.6 Å². The average molecular weight is 462 g/mol. The number of anilines is 1. The third kappa shape index (κ3) is 4.98. The van der Waals surface area contributed by atoms with E-state index in [9.17, 15) is 14.9 Å². The number of piperazine rings is 1. The van der Waals surface area contributed by atoms with E-state index in [2.05, 4.69) is 16.0 Å². The SMILES string of the molecule is COc1cccc(Cc2c(C)nc(C)nc2N2CCN(C(=O)c3cccc([N+](=O)[O-])c3)CC2)c1. The lowest BCUT2D eigenvalue weighted by Crippen LogP contribution is -2.49. The molecule has 0 saturated carbocycles. The van der Waals surface area contributed by atoms with Crippen molar-refractivity contribution in [1.29, 1.82) is 0 Å². The van der Waals surface area contributed by atoms with Crippen LogP contribution in [0.1, 0.15) is 33.0 Å². The van der Waals surface area contributed by atoms with Crippen molar-refractivity contribution in [3.8, 4) is 5.75 Å². The predicted molar refractivity (Wildman–Crippen MR) is 129 cm³/mol. The van der Waals surface area contributed by atoms with Gasteiger partial charge in [-0.05, 0) is 37.6 Å². The Hall–Kier alpha value is -4.01. The number of benzene rings is 2. The van der Waals surface area contributed by atoms with E-state index in [1.807, 2.05) is 32.0 Å². The van der Waals surface area contributed by atoms with Gasteiger partial charge in [0.2, 0.25) is 0 Å². The maximum atomic E-state index is 12.9. The minimum absolute atomic E-state index is 0.0846. The van der Waals surface area contributed by atoms with Gasteiger partial charge in [0.1, 0.15) is 17.4 Å². The number of nitrogens with zero attached hydrogens (tertiary/aromatic N) is 5. The second kappa shape index (κ2) is 9.86. The summed E-state index contributed by atoms with van der Waals surface area (Å²) in [6, 6.07) is 13.8. The fourth-order valence-electron chi connectivity index (χ4n) is 4.23. The lowest BCUT2D eigenvalue weighted by Gasteiger charge is -2.36. The van der Waals surface area contributed by atoms with Crippen molar-refractivity contribution in [3.63, 3.8) is 0 Å². The summed E-state index contributed by atoms with van der Waals surface area (Å²) < 4.78 is 5.36. The zero-order valence-electron chi connectivity index (χ0n) is 19.5. The van der Waals surface area contributed by atoms with Gasteiger partial charge in [0.15, 0.2) is 0 Å². The molecule has 1 aromatic heterocycles. The molecule has 3 aromatic rings. The van der Waals surface area contributed by atoms with Crippen LogP contribution >= 0.6 is 0 Å². The van der Waals surface area contributed by atoms with Crippen molar-refractivity contribution in [2.75, 3.05) is 38.2 Å².